The molecule has 126 valence electrons. The van der Waals surface area contributed by atoms with E-state index in [0.29, 0.717) is 24.8 Å². The molecule has 0 aliphatic heterocycles. The average Bonchev–Trinajstić information content (AvgIpc) is 3.40. The van der Waals surface area contributed by atoms with Crippen LogP contribution in [-0.4, -0.2) is 28.6 Å². The second-order valence-electron chi connectivity index (χ2n) is 6.18. The van der Waals surface area contributed by atoms with E-state index in [1.807, 2.05) is 31.2 Å². The summed E-state index contributed by atoms with van der Waals surface area (Å²) in [5.41, 5.74) is 2.46. The lowest BCUT2D eigenvalue weighted by Gasteiger charge is -2.23. The highest BCUT2D eigenvalue weighted by Crippen LogP contribution is 2.31. The summed E-state index contributed by atoms with van der Waals surface area (Å²) in [7, 11) is 0. The third-order valence-electron chi connectivity index (χ3n) is 4.28. The Morgan fingerprint density at radius 3 is 2.67 bits per heavy atom. The zero-order chi connectivity index (χ0) is 16.9. The normalized spacial score (nSPS) is 13.9. The molecule has 2 aromatic rings. The third-order valence-corrected chi connectivity index (χ3v) is 4.28. The summed E-state index contributed by atoms with van der Waals surface area (Å²) in [4.78, 5) is 13.8. The van der Waals surface area contributed by atoms with Crippen LogP contribution in [0.1, 0.15) is 41.3 Å². The van der Waals surface area contributed by atoms with Gasteiger partial charge in [0.1, 0.15) is 5.75 Å². The van der Waals surface area contributed by atoms with Crippen molar-refractivity contribution in [1.82, 2.24) is 4.90 Å². The van der Waals surface area contributed by atoms with Gasteiger partial charge in [-0.2, -0.15) is 0 Å². The first-order valence-electron chi connectivity index (χ1n) is 8.44. The Balaban J connectivity index is 1.77. The van der Waals surface area contributed by atoms with E-state index in [0.717, 1.165) is 17.9 Å². The van der Waals surface area contributed by atoms with Gasteiger partial charge in [0.2, 0.25) is 0 Å². The summed E-state index contributed by atoms with van der Waals surface area (Å²) in [5.74, 6) is 0.0244. The van der Waals surface area contributed by atoms with E-state index in [1.165, 1.54) is 18.4 Å². The fourth-order valence-electron chi connectivity index (χ4n) is 2.97. The molecule has 3 rings (SSSR count). The van der Waals surface area contributed by atoms with Gasteiger partial charge >= 0.3 is 5.97 Å². The Labute approximate surface area is 142 Å². The molecule has 1 aliphatic rings. The summed E-state index contributed by atoms with van der Waals surface area (Å²) < 4.78 is 5.58. The number of carboxylic acid groups (broad SMARTS) is 1. The third kappa shape index (κ3) is 4.15. The Bertz CT molecular complexity index is 710. The topological polar surface area (TPSA) is 49.8 Å². The van der Waals surface area contributed by atoms with E-state index < -0.39 is 5.97 Å². The van der Waals surface area contributed by atoms with Crippen LogP contribution >= 0.6 is 0 Å². The van der Waals surface area contributed by atoms with E-state index in [4.69, 9.17) is 4.74 Å². The molecule has 0 spiro atoms. The Hall–Kier alpha value is -2.33. The lowest BCUT2D eigenvalue weighted by Crippen LogP contribution is -2.26. The van der Waals surface area contributed by atoms with Gasteiger partial charge < -0.3 is 9.84 Å². The van der Waals surface area contributed by atoms with E-state index in [9.17, 15) is 9.90 Å². The molecule has 0 amide bonds. The fourth-order valence-corrected chi connectivity index (χ4v) is 2.97. The van der Waals surface area contributed by atoms with Crippen LogP contribution in [0, 0.1) is 0 Å². The highest BCUT2D eigenvalue weighted by Gasteiger charge is 2.29. The second-order valence-corrected chi connectivity index (χ2v) is 6.18. The average molecular weight is 325 g/mol. The second kappa shape index (κ2) is 7.49. The predicted molar refractivity (Wildman–Crippen MR) is 93.3 cm³/mol. The smallest absolute Gasteiger partial charge is 0.336 e. The van der Waals surface area contributed by atoms with Gasteiger partial charge in [-0.05, 0) is 49.1 Å². The lowest BCUT2D eigenvalue weighted by molar-refractivity contribution is 0.0694. The Kier molecular flexibility index (Phi) is 5.16. The van der Waals surface area contributed by atoms with Crippen molar-refractivity contribution in [3.8, 4) is 5.75 Å². The van der Waals surface area contributed by atoms with Crippen LogP contribution < -0.4 is 4.74 Å². The zero-order valence-electron chi connectivity index (χ0n) is 13.9. The van der Waals surface area contributed by atoms with Crippen molar-refractivity contribution >= 4 is 5.97 Å². The summed E-state index contributed by atoms with van der Waals surface area (Å²) in [6.07, 6.45) is 2.36. The molecule has 0 atom stereocenters. The molecule has 0 bridgehead atoms. The highest BCUT2D eigenvalue weighted by molar-refractivity contribution is 5.89. The van der Waals surface area contributed by atoms with Gasteiger partial charge in [-0.3, -0.25) is 4.90 Å². The molecule has 24 heavy (non-hydrogen) atoms. The number of benzene rings is 2. The number of ether oxygens (including phenoxy) is 1. The molecular weight excluding hydrogens is 302 g/mol. The van der Waals surface area contributed by atoms with Gasteiger partial charge in [0.05, 0.1) is 12.2 Å². The van der Waals surface area contributed by atoms with Crippen molar-refractivity contribution < 1.29 is 14.6 Å². The van der Waals surface area contributed by atoms with E-state index >= 15 is 0 Å². The molecule has 0 saturated heterocycles. The number of carbonyl (C=O) groups is 1. The van der Waals surface area contributed by atoms with Crippen LogP contribution in [-0.2, 0) is 13.1 Å². The first-order valence-corrected chi connectivity index (χ1v) is 8.44. The van der Waals surface area contributed by atoms with Crippen molar-refractivity contribution in [2.45, 2.75) is 38.9 Å². The Morgan fingerprint density at radius 2 is 1.96 bits per heavy atom. The van der Waals surface area contributed by atoms with Crippen LogP contribution in [0.15, 0.2) is 48.5 Å². The van der Waals surface area contributed by atoms with Crippen molar-refractivity contribution in [2.24, 2.45) is 0 Å². The largest absolute Gasteiger partial charge is 0.494 e. The summed E-state index contributed by atoms with van der Waals surface area (Å²) in [5, 5.41) is 9.38. The number of hydrogen-bond acceptors (Lipinski definition) is 3. The molecule has 0 aromatic heterocycles. The first-order chi connectivity index (χ1) is 11.7. The van der Waals surface area contributed by atoms with E-state index in [2.05, 4.69) is 17.0 Å². The molecule has 0 heterocycles. The summed E-state index contributed by atoms with van der Waals surface area (Å²) in [6.45, 7) is 4.10. The quantitative estimate of drug-likeness (QED) is 0.798. The van der Waals surface area contributed by atoms with Crippen LogP contribution in [0.25, 0.3) is 0 Å². The van der Waals surface area contributed by atoms with Gasteiger partial charge in [0.15, 0.2) is 0 Å². The standard InChI is InChI=1S/C20H23NO3/c1-2-24-18-8-5-6-15(12-18)13-21(17-10-11-17)14-16-7-3-4-9-19(16)20(22)23/h3-9,12,17H,2,10-11,13-14H2,1H3,(H,22,23). The SMILES string of the molecule is CCOc1cccc(CN(Cc2ccccc2C(=O)O)C2CC2)c1. The van der Waals surface area contributed by atoms with Crippen LogP contribution in [0.5, 0.6) is 5.75 Å². The van der Waals surface area contributed by atoms with Crippen molar-refractivity contribution in [1.29, 1.82) is 0 Å². The molecule has 1 fully saturated rings. The molecule has 1 aliphatic carbocycles. The zero-order valence-corrected chi connectivity index (χ0v) is 13.9. The number of carboxylic acids is 1. The first kappa shape index (κ1) is 16.5. The molecule has 0 unspecified atom stereocenters. The molecule has 1 N–H and O–H groups in total. The minimum absolute atomic E-state index is 0.395. The minimum atomic E-state index is -0.861. The predicted octanol–water partition coefficient (Wildman–Crippen LogP) is 3.95. The van der Waals surface area contributed by atoms with Crippen molar-refractivity contribution in [3.05, 3.63) is 65.2 Å². The van der Waals surface area contributed by atoms with Crippen molar-refractivity contribution in [2.75, 3.05) is 6.61 Å². The monoisotopic (exact) mass is 325 g/mol. The molecule has 1 saturated carbocycles. The fraction of sp³-hybridized carbons (Fsp3) is 0.350. The van der Waals surface area contributed by atoms with Gasteiger partial charge in [0, 0.05) is 19.1 Å². The van der Waals surface area contributed by atoms with Gasteiger partial charge in [0.25, 0.3) is 0 Å². The minimum Gasteiger partial charge on any atom is -0.494 e. The van der Waals surface area contributed by atoms with E-state index in [-0.39, 0.29) is 0 Å². The lowest BCUT2D eigenvalue weighted by atomic mass is 10.1. The number of rotatable bonds is 8. The van der Waals surface area contributed by atoms with Crippen LogP contribution in [0.2, 0.25) is 0 Å². The van der Waals surface area contributed by atoms with E-state index in [1.54, 1.807) is 12.1 Å². The van der Waals surface area contributed by atoms with Crippen LogP contribution in [0.3, 0.4) is 0 Å². The molecule has 4 heteroatoms. The van der Waals surface area contributed by atoms with Gasteiger partial charge in [-0.1, -0.05) is 30.3 Å². The maximum atomic E-state index is 11.4. The molecular formula is C20H23NO3. The van der Waals surface area contributed by atoms with Gasteiger partial charge in [-0.15, -0.1) is 0 Å². The number of hydrogen-bond donors (Lipinski definition) is 1. The highest BCUT2D eigenvalue weighted by atomic mass is 16.5. The Morgan fingerprint density at radius 1 is 1.17 bits per heavy atom. The molecule has 2 aromatic carbocycles. The molecule has 0 radical (unpaired) electrons. The van der Waals surface area contributed by atoms with Crippen LogP contribution in [0.4, 0.5) is 0 Å². The summed E-state index contributed by atoms with van der Waals surface area (Å²) >= 11 is 0. The number of nitrogens with zero attached hydrogens (tertiary/aromatic N) is 1. The molecule has 4 nitrogen and oxygen atoms in total. The summed E-state index contributed by atoms with van der Waals surface area (Å²) in [6, 6.07) is 16.0. The maximum absolute atomic E-state index is 11.4. The number of aromatic carboxylic acids is 1. The van der Waals surface area contributed by atoms with Crippen molar-refractivity contribution in [3.63, 3.8) is 0 Å². The van der Waals surface area contributed by atoms with Gasteiger partial charge in [-0.25, -0.2) is 4.79 Å². The maximum Gasteiger partial charge on any atom is 0.336 e.